The fraction of sp³-hybridized carbons (Fsp3) is 0.261. The summed E-state index contributed by atoms with van der Waals surface area (Å²) in [6.07, 6.45) is 0.953. The highest BCUT2D eigenvalue weighted by atomic mass is 35.5. The number of anilines is 2. The highest BCUT2D eigenvalue weighted by Crippen LogP contribution is 2.45. The Morgan fingerprint density at radius 3 is 2.52 bits per heavy atom. The second-order valence-electron chi connectivity index (χ2n) is 7.97. The number of nitrogen functional groups attached to an aromatic ring is 1. The molecule has 0 saturated heterocycles. The van der Waals surface area contributed by atoms with Crippen LogP contribution in [-0.4, -0.2) is 34.8 Å². The van der Waals surface area contributed by atoms with Crippen molar-refractivity contribution in [2.24, 2.45) is 0 Å². The summed E-state index contributed by atoms with van der Waals surface area (Å²) in [4.78, 5) is 17.8. The number of allylic oxidation sites excluding steroid dienone is 2. The zero-order chi connectivity index (χ0) is 23.3. The Kier molecular flexibility index (Phi) is 5.42. The zero-order valence-corrected chi connectivity index (χ0v) is 19.4. The van der Waals surface area contributed by atoms with Gasteiger partial charge in [-0.25, -0.2) is 4.68 Å². The van der Waals surface area contributed by atoms with Crippen LogP contribution in [0.4, 0.5) is 11.9 Å². The maximum atomic E-state index is 13.5. The second-order valence-corrected chi connectivity index (χ2v) is 8.79. The van der Waals surface area contributed by atoms with Gasteiger partial charge in [0.1, 0.15) is 6.04 Å². The van der Waals surface area contributed by atoms with Gasteiger partial charge < -0.3 is 20.5 Å². The number of carbonyl (C=O) groups excluding carboxylic acids is 1. The molecule has 1 aliphatic carbocycles. The van der Waals surface area contributed by atoms with Crippen LogP contribution in [-0.2, 0) is 4.79 Å². The van der Waals surface area contributed by atoms with E-state index in [2.05, 4.69) is 15.4 Å². The van der Waals surface area contributed by atoms with E-state index in [9.17, 15) is 4.79 Å². The highest BCUT2D eigenvalue weighted by molar-refractivity contribution is 6.42. The molecule has 8 nitrogen and oxygen atoms in total. The van der Waals surface area contributed by atoms with E-state index in [-0.39, 0.29) is 17.6 Å². The largest absolute Gasteiger partial charge is 0.493 e. The summed E-state index contributed by atoms with van der Waals surface area (Å²) in [6.45, 7) is 0. The Morgan fingerprint density at radius 1 is 1.03 bits per heavy atom. The number of ether oxygens (including phenoxy) is 2. The summed E-state index contributed by atoms with van der Waals surface area (Å²) in [6, 6.07) is 10.5. The first-order valence-corrected chi connectivity index (χ1v) is 11.1. The van der Waals surface area contributed by atoms with Gasteiger partial charge in [0.15, 0.2) is 17.3 Å². The summed E-state index contributed by atoms with van der Waals surface area (Å²) >= 11 is 12.4. The van der Waals surface area contributed by atoms with E-state index < -0.39 is 6.04 Å². The van der Waals surface area contributed by atoms with Crippen molar-refractivity contribution in [2.45, 2.75) is 24.8 Å². The monoisotopic (exact) mass is 485 g/mol. The van der Waals surface area contributed by atoms with Gasteiger partial charge in [-0.15, -0.1) is 5.10 Å². The Labute approximate surface area is 200 Å². The van der Waals surface area contributed by atoms with Crippen LogP contribution < -0.4 is 20.5 Å². The molecule has 0 saturated carbocycles. The van der Waals surface area contributed by atoms with E-state index in [1.54, 1.807) is 31.0 Å². The molecule has 2 aliphatic rings. The van der Waals surface area contributed by atoms with E-state index in [0.29, 0.717) is 45.9 Å². The molecule has 33 heavy (non-hydrogen) atoms. The third kappa shape index (κ3) is 3.69. The molecule has 0 unspecified atom stereocenters. The number of rotatable bonds is 4. The molecule has 5 rings (SSSR count). The quantitative estimate of drug-likeness (QED) is 0.556. The van der Waals surface area contributed by atoms with Gasteiger partial charge in [0.05, 0.1) is 24.3 Å². The number of benzene rings is 2. The lowest BCUT2D eigenvalue weighted by atomic mass is 9.78. The van der Waals surface area contributed by atoms with Crippen molar-refractivity contribution < 1.29 is 14.3 Å². The number of methoxy groups -OCH3 is 2. The van der Waals surface area contributed by atoms with Gasteiger partial charge in [0.2, 0.25) is 11.9 Å². The van der Waals surface area contributed by atoms with E-state index in [1.165, 1.54) is 0 Å². The van der Waals surface area contributed by atoms with Gasteiger partial charge in [-0.1, -0.05) is 35.3 Å². The highest BCUT2D eigenvalue weighted by Gasteiger charge is 2.40. The third-order valence-electron chi connectivity index (χ3n) is 6.07. The number of nitrogens with zero attached hydrogens (tertiary/aromatic N) is 3. The molecule has 2 atom stereocenters. The number of nitrogens with one attached hydrogen (secondary N) is 1. The number of nitrogens with two attached hydrogens (primary N) is 1. The molecule has 0 bridgehead atoms. The zero-order valence-electron chi connectivity index (χ0n) is 17.9. The lowest BCUT2D eigenvalue weighted by Gasteiger charge is -2.35. The molecule has 3 aromatic rings. The molecule has 0 amide bonds. The van der Waals surface area contributed by atoms with Crippen molar-refractivity contribution in [1.82, 2.24) is 14.8 Å². The number of carbonyl (C=O) groups is 1. The Hall–Kier alpha value is -3.23. The maximum absolute atomic E-state index is 13.5. The van der Waals surface area contributed by atoms with E-state index >= 15 is 0 Å². The predicted molar refractivity (Wildman–Crippen MR) is 126 cm³/mol. The van der Waals surface area contributed by atoms with Crippen molar-refractivity contribution in [3.05, 3.63) is 68.8 Å². The van der Waals surface area contributed by atoms with Gasteiger partial charge in [-0.05, 0) is 47.7 Å². The lowest BCUT2D eigenvalue weighted by molar-refractivity contribution is -0.116. The van der Waals surface area contributed by atoms with E-state index in [4.69, 9.17) is 38.4 Å². The van der Waals surface area contributed by atoms with Crippen LogP contribution in [0.15, 0.2) is 47.7 Å². The van der Waals surface area contributed by atoms with Gasteiger partial charge in [-0.2, -0.15) is 4.98 Å². The van der Waals surface area contributed by atoms with E-state index in [0.717, 1.165) is 16.8 Å². The van der Waals surface area contributed by atoms with Crippen molar-refractivity contribution in [3.63, 3.8) is 0 Å². The maximum Gasteiger partial charge on any atom is 0.241 e. The smallest absolute Gasteiger partial charge is 0.241 e. The summed E-state index contributed by atoms with van der Waals surface area (Å²) < 4.78 is 12.4. The summed E-state index contributed by atoms with van der Waals surface area (Å²) in [5, 5.41) is 8.45. The summed E-state index contributed by atoms with van der Waals surface area (Å²) in [7, 11) is 3.19. The topological polar surface area (TPSA) is 104 Å². The lowest BCUT2D eigenvalue weighted by Crippen LogP contribution is -2.33. The van der Waals surface area contributed by atoms with Gasteiger partial charge in [0.25, 0.3) is 0 Å². The van der Waals surface area contributed by atoms with Crippen LogP contribution in [0.1, 0.15) is 35.9 Å². The van der Waals surface area contributed by atoms with Crippen LogP contribution in [0.5, 0.6) is 11.5 Å². The minimum atomic E-state index is -0.505. The fourth-order valence-corrected chi connectivity index (χ4v) is 4.87. The standard InChI is InChI=1S/C23H21Cl2N5O3/c1-32-18-6-4-11(10-19(18)33-2)13-8-16-20(17(31)9-13)21(12-3-5-14(24)15(25)7-12)30-23(27-16)28-22(26)29-30/h3-7,10,13,21H,8-9H2,1-2H3,(H3,26,27,28,29)/t13-,21-/m1/s1. The van der Waals surface area contributed by atoms with Crippen molar-refractivity contribution >= 4 is 40.9 Å². The average Bonchev–Trinajstić information content (AvgIpc) is 3.18. The first-order valence-electron chi connectivity index (χ1n) is 10.3. The molecule has 0 spiro atoms. The number of Topliss-reactive ketones (excluding diaryl/α,β-unsaturated/α-hetero) is 1. The van der Waals surface area contributed by atoms with Crippen LogP contribution in [0.3, 0.4) is 0 Å². The molecule has 0 radical (unpaired) electrons. The van der Waals surface area contributed by atoms with Crippen molar-refractivity contribution in [3.8, 4) is 11.5 Å². The van der Waals surface area contributed by atoms with E-state index in [1.807, 2.05) is 24.3 Å². The Morgan fingerprint density at radius 2 is 1.79 bits per heavy atom. The minimum Gasteiger partial charge on any atom is -0.493 e. The van der Waals surface area contributed by atoms with Gasteiger partial charge in [0, 0.05) is 17.7 Å². The molecule has 1 aliphatic heterocycles. The van der Waals surface area contributed by atoms with Crippen molar-refractivity contribution in [2.75, 3.05) is 25.3 Å². The molecule has 170 valence electrons. The Bertz CT molecular complexity index is 1300. The van der Waals surface area contributed by atoms with Crippen molar-refractivity contribution in [1.29, 1.82) is 0 Å². The molecule has 10 heteroatoms. The number of aromatic nitrogens is 3. The predicted octanol–water partition coefficient (Wildman–Crippen LogP) is 4.60. The second kappa shape index (κ2) is 8.28. The molecular weight excluding hydrogens is 465 g/mol. The van der Waals surface area contributed by atoms with Crippen LogP contribution in [0.25, 0.3) is 0 Å². The number of halogens is 2. The van der Waals surface area contributed by atoms with Crippen LogP contribution >= 0.6 is 23.2 Å². The first-order chi connectivity index (χ1) is 15.9. The number of ketones is 1. The molecule has 2 heterocycles. The molecule has 2 aromatic carbocycles. The molecular formula is C23H21Cl2N5O3. The average molecular weight is 486 g/mol. The van der Waals surface area contributed by atoms with Gasteiger partial charge in [-0.3, -0.25) is 4.79 Å². The number of hydrogen-bond donors (Lipinski definition) is 2. The van der Waals surface area contributed by atoms with Gasteiger partial charge >= 0.3 is 0 Å². The fourth-order valence-electron chi connectivity index (χ4n) is 4.56. The molecule has 0 fully saturated rings. The van der Waals surface area contributed by atoms with Crippen LogP contribution in [0, 0.1) is 0 Å². The molecule has 1 aromatic heterocycles. The summed E-state index contributed by atoms with van der Waals surface area (Å²) in [5.74, 6) is 1.83. The minimum absolute atomic E-state index is 0.0133. The number of fused-ring (bicyclic) bond motifs is 1. The Balaban J connectivity index is 1.58. The SMILES string of the molecule is COc1ccc([C@H]2CC(=O)C3=C(C2)Nc2nc(N)nn2[C@@H]3c2ccc(Cl)c(Cl)c2)cc1OC. The molecule has 3 N–H and O–H groups in total. The number of hydrogen-bond acceptors (Lipinski definition) is 7. The normalized spacial score (nSPS) is 19.6. The summed E-state index contributed by atoms with van der Waals surface area (Å²) in [5.41, 5.74) is 9.09. The first kappa shape index (κ1) is 21.6. The third-order valence-corrected chi connectivity index (χ3v) is 6.81. The van der Waals surface area contributed by atoms with Crippen LogP contribution in [0.2, 0.25) is 10.0 Å².